The van der Waals surface area contributed by atoms with Crippen LogP contribution in [-0.4, -0.2) is 29.0 Å². The maximum absolute atomic E-state index is 13.0. The molecule has 29 heavy (non-hydrogen) atoms. The van der Waals surface area contributed by atoms with Gasteiger partial charge in [0.05, 0.1) is 16.8 Å². The Morgan fingerprint density at radius 2 is 1.86 bits per heavy atom. The molecule has 7 nitrogen and oxygen atoms in total. The zero-order chi connectivity index (χ0) is 21.1. The smallest absolute Gasteiger partial charge is 0.339 e. The van der Waals surface area contributed by atoms with Crippen molar-refractivity contribution >= 4 is 40.4 Å². The quantitative estimate of drug-likeness (QED) is 0.637. The fraction of sp³-hybridized carbons (Fsp3) is 0.143. The molecule has 0 fully saturated rings. The molecule has 3 N–H and O–H groups in total. The number of halogens is 1. The molecule has 3 aromatic rings. The van der Waals surface area contributed by atoms with E-state index in [9.17, 15) is 14.4 Å². The second kappa shape index (κ2) is 8.28. The van der Waals surface area contributed by atoms with Gasteiger partial charge in [0, 0.05) is 16.0 Å². The van der Waals surface area contributed by atoms with Crippen LogP contribution in [0.2, 0.25) is 5.02 Å². The van der Waals surface area contributed by atoms with E-state index in [1.807, 2.05) is 17.4 Å². The molecule has 1 aromatic heterocycles. The Morgan fingerprint density at radius 3 is 2.55 bits per heavy atom. The topological polar surface area (TPSA) is 111 Å². The number of primary amides is 1. The van der Waals surface area contributed by atoms with Crippen LogP contribution in [0.5, 0.6) is 0 Å². The summed E-state index contributed by atoms with van der Waals surface area (Å²) >= 11 is 6.11. The highest BCUT2D eigenvalue weighted by Crippen LogP contribution is 2.31. The van der Waals surface area contributed by atoms with Crippen molar-refractivity contribution in [2.24, 2.45) is 5.73 Å². The van der Waals surface area contributed by atoms with Gasteiger partial charge in [0.15, 0.2) is 6.10 Å². The number of ether oxygens (including phenoxy) is 1. The normalized spacial score (nSPS) is 11.7. The number of urea groups is 1. The molecule has 0 aliphatic carbocycles. The van der Waals surface area contributed by atoms with E-state index in [1.54, 1.807) is 43.3 Å². The second-order valence-corrected chi connectivity index (χ2v) is 6.83. The third-order valence-electron chi connectivity index (χ3n) is 4.34. The van der Waals surface area contributed by atoms with Crippen LogP contribution in [0.15, 0.2) is 48.5 Å². The number of fused-ring (bicyclic) bond motifs is 1. The summed E-state index contributed by atoms with van der Waals surface area (Å²) in [5, 5.41) is 3.02. The number of esters is 1. The number of aromatic nitrogens is 1. The lowest BCUT2D eigenvalue weighted by molar-refractivity contribution is -0.127. The van der Waals surface area contributed by atoms with Gasteiger partial charge in [0.2, 0.25) is 0 Å². The first-order chi connectivity index (χ1) is 13.8. The first kappa shape index (κ1) is 20.3. The minimum absolute atomic E-state index is 0.282. The van der Waals surface area contributed by atoms with Crippen molar-refractivity contribution < 1.29 is 19.1 Å². The molecule has 1 unspecified atom stereocenters. The molecule has 0 radical (unpaired) electrons. The lowest BCUT2D eigenvalue weighted by Gasteiger charge is -2.17. The average molecular weight is 412 g/mol. The standard InChI is InChI=1S/C21H18ClN3O4/c1-11-17(20(27)29-12(2)19(26)25-21(23)28)15-8-3-4-9-16(15)24-18(11)13-6-5-7-14(22)10-13/h3-10,12H,1-2H3,(H3,23,25,26,28). The van der Waals surface area contributed by atoms with Crippen LogP contribution in [0.4, 0.5) is 4.79 Å². The van der Waals surface area contributed by atoms with Crippen molar-refractivity contribution in [1.29, 1.82) is 0 Å². The van der Waals surface area contributed by atoms with E-state index in [2.05, 4.69) is 4.98 Å². The molecule has 0 saturated carbocycles. The number of hydrogen-bond acceptors (Lipinski definition) is 5. The van der Waals surface area contributed by atoms with E-state index in [0.717, 1.165) is 5.56 Å². The van der Waals surface area contributed by atoms with E-state index in [1.165, 1.54) is 6.92 Å². The van der Waals surface area contributed by atoms with Gasteiger partial charge in [0.1, 0.15) is 0 Å². The Labute approximate surface area is 171 Å². The minimum Gasteiger partial charge on any atom is -0.449 e. The van der Waals surface area contributed by atoms with Gasteiger partial charge in [-0.15, -0.1) is 0 Å². The molecule has 0 aliphatic heterocycles. The van der Waals surface area contributed by atoms with Gasteiger partial charge in [0.25, 0.3) is 5.91 Å². The fourth-order valence-corrected chi connectivity index (χ4v) is 3.17. The molecule has 0 spiro atoms. The maximum atomic E-state index is 13.0. The Kier molecular flexibility index (Phi) is 5.79. The van der Waals surface area contributed by atoms with Crippen LogP contribution in [0.25, 0.3) is 22.2 Å². The van der Waals surface area contributed by atoms with Crippen LogP contribution in [0.1, 0.15) is 22.8 Å². The highest BCUT2D eigenvalue weighted by atomic mass is 35.5. The number of nitrogens with one attached hydrogen (secondary N) is 1. The highest BCUT2D eigenvalue weighted by Gasteiger charge is 2.24. The number of amides is 3. The molecule has 0 saturated heterocycles. The number of rotatable bonds is 4. The number of hydrogen-bond donors (Lipinski definition) is 2. The molecule has 1 atom stereocenters. The van der Waals surface area contributed by atoms with Gasteiger partial charge in [-0.2, -0.15) is 0 Å². The predicted octanol–water partition coefficient (Wildman–Crippen LogP) is 3.60. The number of nitrogens with zero attached hydrogens (tertiary/aromatic N) is 1. The summed E-state index contributed by atoms with van der Waals surface area (Å²) in [5.41, 5.74) is 7.71. The molecular formula is C21H18ClN3O4. The summed E-state index contributed by atoms with van der Waals surface area (Å²) in [5.74, 6) is -1.52. The number of pyridine rings is 1. The Bertz CT molecular complexity index is 1130. The first-order valence-electron chi connectivity index (χ1n) is 8.74. The van der Waals surface area contributed by atoms with Gasteiger partial charge in [-0.3, -0.25) is 10.1 Å². The van der Waals surface area contributed by atoms with Gasteiger partial charge in [-0.25, -0.2) is 14.6 Å². The molecule has 3 amide bonds. The van der Waals surface area contributed by atoms with Crippen LogP contribution in [0, 0.1) is 6.92 Å². The number of imide groups is 1. The molecule has 3 rings (SSSR count). The number of carbonyl (C=O) groups excluding carboxylic acids is 3. The van der Waals surface area contributed by atoms with E-state index >= 15 is 0 Å². The van der Waals surface area contributed by atoms with E-state index < -0.39 is 24.0 Å². The van der Waals surface area contributed by atoms with Crippen molar-refractivity contribution in [2.45, 2.75) is 20.0 Å². The third kappa shape index (κ3) is 4.35. The fourth-order valence-electron chi connectivity index (χ4n) is 2.98. The van der Waals surface area contributed by atoms with Gasteiger partial charge < -0.3 is 10.5 Å². The predicted molar refractivity (Wildman–Crippen MR) is 110 cm³/mol. The molecule has 2 aromatic carbocycles. The number of carbonyl (C=O) groups is 3. The Morgan fingerprint density at radius 1 is 1.14 bits per heavy atom. The lowest BCUT2D eigenvalue weighted by atomic mass is 9.98. The summed E-state index contributed by atoms with van der Waals surface area (Å²) in [7, 11) is 0. The molecular weight excluding hydrogens is 394 g/mol. The van der Waals surface area contributed by atoms with Crippen LogP contribution < -0.4 is 11.1 Å². The highest BCUT2D eigenvalue weighted by molar-refractivity contribution is 6.30. The monoisotopic (exact) mass is 411 g/mol. The molecule has 0 aliphatic rings. The van der Waals surface area contributed by atoms with Crippen molar-refractivity contribution in [2.75, 3.05) is 0 Å². The van der Waals surface area contributed by atoms with Gasteiger partial charge in [-0.1, -0.05) is 41.9 Å². The maximum Gasteiger partial charge on any atom is 0.339 e. The Balaban J connectivity index is 2.09. The van der Waals surface area contributed by atoms with E-state index in [4.69, 9.17) is 22.1 Å². The summed E-state index contributed by atoms with van der Waals surface area (Å²) in [6.07, 6.45) is -1.21. The van der Waals surface area contributed by atoms with Gasteiger partial charge >= 0.3 is 12.0 Å². The number of benzene rings is 2. The number of para-hydroxylation sites is 1. The van der Waals surface area contributed by atoms with Crippen LogP contribution in [-0.2, 0) is 9.53 Å². The molecule has 8 heteroatoms. The van der Waals surface area contributed by atoms with Crippen molar-refractivity contribution in [1.82, 2.24) is 10.3 Å². The molecule has 1 heterocycles. The van der Waals surface area contributed by atoms with Crippen molar-refractivity contribution in [3.63, 3.8) is 0 Å². The summed E-state index contributed by atoms with van der Waals surface area (Å²) in [6.45, 7) is 3.10. The lowest BCUT2D eigenvalue weighted by Crippen LogP contribution is -2.42. The summed E-state index contributed by atoms with van der Waals surface area (Å²) in [6, 6.07) is 13.2. The van der Waals surface area contributed by atoms with E-state index in [0.29, 0.717) is 27.2 Å². The second-order valence-electron chi connectivity index (χ2n) is 6.39. The van der Waals surface area contributed by atoms with E-state index in [-0.39, 0.29) is 5.56 Å². The van der Waals surface area contributed by atoms with Crippen molar-refractivity contribution in [3.05, 3.63) is 64.7 Å². The first-order valence-corrected chi connectivity index (χ1v) is 9.12. The summed E-state index contributed by atoms with van der Waals surface area (Å²) < 4.78 is 5.29. The average Bonchev–Trinajstić information content (AvgIpc) is 2.66. The third-order valence-corrected chi connectivity index (χ3v) is 4.57. The van der Waals surface area contributed by atoms with Crippen LogP contribution in [0.3, 0.4) is 0 Å². The minimum atomic E-state index is -1.21. The zero-order valence-corrected chi connectivity index (χ0v) is 16.5. The molecule has 148 valence electrons. The van der Waals surface area contributed by atoms with Crippen molar-refractivity contribution in [3.8, 4) is 11.3 Å². The summed E-state index contributed by atoms with van der Waals surface area (Å²) in [4.78, 5) is 40.4. The largest absolute Gasteiger partial charge is 0.449 e. The molecule has 0 bridgehead atoms. The SMILES string of the molecule is Cc1c(-c2cccc(Cl)c2)nc2ccccc2c1C(=O)OC(C)C(=O)NC(N)=O. The zero-order valence-electron chi connectivity index (χ0n) is 15.7. The Hall–Kier alpha value is -3.45. The van der Waals surface area contributed by atoms with Crippen LogP contribution >= 0.6 is 11.6 Å². The number of nitrogens with two attached hydrogens (primary N) is 1. The van der Waals surface area contributed by atoms with Gasteiger partial charge in [-0.05, 0) is 37.6 Å².